The molecule has 1 atom stereocenters. The summed E-state index contributed by atoms with van der Waals surface area (Å²) in [6.07, 6.45) is 7.01. The Morgan fingerprint density at radius 3 is 2.97 bits per heavy atom. The molecular formula is C24H24N4O. The van der Waals surface area contributed by atoms with E-state index >= 15 is 0 Å². The van der Waals surface area contributed by atoms with Gasteiger partial charge in [-0.25, -0.2) is 0 Å². The second kappa shape index (κ2) is 7.24. The third-order valence-corrected chi connectivity index (χ3v) is 5.87. The molecule has 0 radical (unpaired) electrons. The number of anilines is 1. The van der Waals surface area contributed by atoms with Gasteiger partial charge in [0.25, 0.3) is 5.91 Å². The summed E-state index contributed by atoms with van der Waals surface area (Å²) in [7, 11) is 0. The lowest BCUT2D eigenvalue weighted by molar-refractivity contribution is 0.102. The molecule has 2 aromatic carbocycles. The molecule has 0 spiro atoms. The van der Waals surface area contributed by atoms with Gasteiger partial charge in [-0.1, -0.05) is 37.3 Å². The largest absolute Gasteiger partial charge is 0.358 e. The van der Waals surface area contributed by atoms with Crippen LogP contribution in [0.5, 0.6) is 0 Å². The van der Waals surface area contributed by atoms with Crippen LogP contribution in [0.15, 0.2) is 60.9 Å². The summed E-state index contributed by atoms with van der Waals surface area (Å²) in [6, 6.07) is 15.8. The van der Waals surface area contributed by atoms with E-state index in [-0.39, 0.29) is 5.91 Å². The van der Waals surface area contributed by atoms with Crippen LogP contribution in [0.1, 0.15) is 40.5 Å². The van der Waals surface area contributed by atoms with E-state index in [0.29, 0.717) is 18.0 Å². The maximum absolute atomic E-state index is 13.2. The van der Waals surface area contributed by atoms with Crippen molar-refractivity contribution in [2.24, 2.45) is 5.92 Å². The Labute approximate surface area is 169 Å². The number of para-hydroxylation sites is 2. The van der Waals surface area contributed by atoms with Gasteiger partial charge in [0.05, 0.1) is 17.6 Å². The molecule has 2 heterocycles. The number of rotatable bonds is 4. The van der Waals surface area contributed by atoms with Crippen LogP contribution >= 0.6 is 0 Å². The molecule has 0 bridgehead atoms. The number of aryl methyl sites for hydroxylation is 1. The Morgan fingerprint density at radius 1 is 1.21 bits per heavy atom. The SMILES string of the molecule is CC1CCc2[nH]c3c(C(=O)Nc4ccccc4Cn4cccn4)cccc3c2C1. The van der Waals surface area contributed by atoms with E-state index in [1.807, 2.05) is 53.3 Å². The van der Waals surface area contributed by atoms with E-state index < -0.39 is 0 Å². The van der Waals surface area contributed by atoms with Crippen LogP contribution < -0.4 is 5.32 Å². The maximum atomic E-state index is 13.2. The molecule has 0 saturated heterocycles. The number of hydrogen-bond donors (Lipinski definition) is 2. The molecule has 146 valence electrons. The summed E-state index contributed by atoms with van der Waals surface area (Å²) in [5.41, 5.74) is 6.16. The number of carbonyl (C=O) groups excluding carboxylic acids is 1. The zero-order valence-corrected chi connectivity index (χ0v) is 16.5. The lowest BCUT2D eigenvalue weighted by Crippen LogP contribution is -2.14. The average molecular weight is 384 g/mol. The van der Waals surface area contributed by atoms with Crippen LogP contribution in [-0.2, 0) is 19.4 Å². The molecule has 29 heavy (non-hydrogen) atoms. The summed E-state index contributed by atoms with van der Waals surface area (Å²) in [6.45, 7) is 2.91. The monoisotopic (exact) mass is 384 g/mol. The fourth-order valence-corrected chi connectivity index (χ4v) is 4.34. The molecule has 1 amide bonds. The van der Waals surface area contributed by atoms with Crippen LogP contribution in [0.25, 0.3) is 10.9 Å². The predicted octanol–water partition coefficient (Wildman–Crippen LogP) is 4.79. The van der Waals surface area contributed by atoms with E-state index in [1.54, 1.807) is 6.20 Å². The summed E-state index contributed by atoms with van der Waals surface area (Å²) in [4.78, 5) is 16.8. The molecule has 4 aromatic rings. The topological polar surface area (TPSA) is 62.7 Å². The summed E-state index contributed by atoms with van der Waals surface area (Å²) < 4.78 is 1.85. The third-order valence-electron chi connectivity index (χ3n) is 5.87. The molecule has 5 nitrogen and oxygen atoms in total. The molecule has 2 N–H and O–H groups in total. The quantitative estimate of drug-likeness (QED) is 0.531. The van der Waals surface area contributed by atoms with E-state index in [1.165, 1.54) is 23.1 Å². The smallest absolute Gasteiger partial charge is 0.257 e. The highest BCUT2D eigenvalue weighted by Gasteiger charge is 2.22. The first-order valence-electron chi connectivity index (χ1n) is 10.2. The molecule has 0 aliphatic heterocycles. The number of nitrogens with one attached hydrogen (secondary N) is 2. The Kier molecular flexibility index (Phi) is 4.43. The van der Waals surface area contributed by atoms with Crippen molar-refractivity contribution in [1.82, 2.24) is 14.8 Å². The van der Waals surface area contributed by atoms with Crippen molar-refractivity contribution in [1.29, 1.82) is 0 Å². The number of carbonyl (C=O) groups is 1. The highest BCUT2D eigenvalue weighted by Crippen LogP contribution is 2.33. The molecule has 5 rings (SSSR count). The van der Waals surface area contributed by atoms with Gasteiger partial charge in [-0.15, -0.1) is 0 Å². The molecule has 0 saturated carbocycles. The second-order valence-electron chi connectivity index (χ2n) is 7.97. The van der Waals surface area contributed by atoms with E-state index in [2.05, 4.69) is 28.4 Å². The molecule has 1 aliphatic carbocycles. The first kappa shape index (κ1) is 17.7. The first-order valence-corrected chi connectivity index (χ1v) is 10.2. The second-order valence-corrected chi connectivity index (χ2v) is 7.97. The van der Waals surface area contributed by atoms with Gasteiger partial charge in [0, 0.05) is 29.2 Å². The van der Waals surface area contributed by atoms with Crippen molar-refractivity contribution in [2.75, 3.05) is 5.32 Å². The van der Waals surface area contributed by atoms with Gasteiger partial charge in [-0.3, -0.25) is 9.48 Å². The van der Waals surface area contributed by atoms with Crippen molar-refractivity contribution >= 4 is 22.5 Å². The molecule has 0 fully saturated rings. The zero-order chi connectivity index (χ0) is 19.8. The highest BCUT2D eigenvalue weighted by atomic mass is 16.1. The van der Waals surface area contributed by atoms with Crippen LogP contribution in [0, 0.1) is 5.92 Å². The third kappa shape index (κ3) is 3.33. The molecule has 5 heteroatoms. The molecule has 2 aromatic heterocycles. The van der Waals surface area contributed by atoms with Gasteiger partial charge in [0.2, 0.25) is 0 Å². The number of aromatic nitrogens is 3. The summed E-state index contributed by atoms with van der Waals surface area (Å²) >= 11 is 0. The number of H-pyrrole nitrogens is 1. The number of benzene rings is 2. The highest BCUT2D eigenvalue weighted by molar-refractivity contribution is 6.12. The maximum Gasteiger partial charge on any atom is 0.257 e. The van der Waals surface area contributed by atoms with Gasteiger partial charge < -0.3 is 10.3 Å². The van der Waals surface area contributed by atoms with Crippen molar-refractivity contribution in [3.63, 3.8) is 0 Å². The Morgan fingerprint density at radius 2 is 2.10 bits per heavy atom. The van der Waals surface area contributed by atoms with Crippen LogP contribution in [-0.4, -0.2) is 20.7 Å². The van der Waals surface area contributed by atoms with Gasteiger partial charge in [-0.05, 0) is 54.5 Å². The van der Waals surface area contributed by atoms with Crippen LogP contribution in [0.2, 0.25) is 0 Å². The van der Waals surface area contributed by atoms with Crippen LogP contribution in [0.3, 0.4) is 0 Å². The number of hydrogen-bond acceptors (Lipinski definition) is 2. The van der Waals surface area contributed by atoms with Crippen molar-refractivity contribution in [3.8, 4) is 0 Å². The van der Waals surface area contributed by atoms with Gasteiger partial charge >= 0.3 is 0 Å². The van der Waals surface area contributed by atoms with Gasteiger partial charge in [-0.2, -0.15) is 5.10 Å². The first-order chi connectivity index (χ1) is 14.2. The number of fused-ring (bicyclic) bond motifs is 3. The Bertz CT molecular complexity index is 1170. The van der Waals surface area contributed by atoms with E-state index in [9.17, 15) is 4.79 Å². The lowest BCUT2D eigenvalue weighted by atomic mass is 9.87. The van der Waals surface area contributed by atoms with E-state index in [4.69, 9.17) is 0 Å². The normalized spacial score (nSPS) is 16.0. The standard InChI is InChI=1S/C24H24N4O/c1-16-10-11-22-20(14-16)18-7-4-8-19(23(18)26-22)24(29)27-21-9-3-2-6-17(21)15-28-13-5-12-25-28/h2-9,12-13,16,26H,10-11,14-15H2,1H3,(H,27,29). The van der Waals surface area contributed by atoms with Crippen LogP contribution in [0.4, 0.5) is 5.69 Å². The number of aromatic amines is 1. The van der Waals surface area contributed by atoms with Crippen molar-refractivity contribution in [3.05, 3.63) is 83.3 Å². The summed E-state index contributed by atoms with van der Waals surface area (Å²) in [5, 5.41) is 8.58. The van der Waals surface area contributed by atoms with E-state index in [0.717, 1.165) is 29.6 Å². The Hall–Kier alpha value is -3.34. The minimum absolute atomic E-state index is 0.0878. The fraction of sp³-hybridized carbons (Fsp3) is 0.250. The summed E-state index contributed by atoms with van der Waals surface area (Å²) in [5.74, 6) is 0.600. The number of amides is 1. The Balaban J connectivity index is 1.47. The average Bonchev–Trinajstić information content (AvgIpc) is 3.36. The molecule has 1 unspecified atom stereocenters. The minimum Gasteiger partial charge on any atom is -0.358 e. The molecule has 1 aliphatic rings. The van der Waals surface area contributed by atoms with Gasteiger partial charge in [0.15, 0.2) is 0 Å². The molecular weight excluding hydrogens is 360 g/mol. The van der Waals surface area contributed by atoms with Crippen molar-refractivity contribution in [2.45, 2.75) is 32.7 Å². The van der Waals surface area contributed by atoms with Crippen molar-refractivity contribution < 1.29 is 4.79 Å². The van der Waals surface area contributed by atoms with Gasteiger partial charge in [0.1, 0.15) is 0 Å². The lowest BCUT2D eigenvalue weighted by Gasteiger charge is -2.17. The fourth-order valence-electron chi connectivity index (χ4n) is 4.34. The minimum atomic E-state index is -0.0878. The number of nitrogens with zero attached hydrogens (tertiary/aromatic N) is 2. The predicted molar refractivity (Wildman–Crippen MR) is 115 cm³/mol. The zero-order valence-electron chi connectivity index (χ0n) is 16.5.